The molecule has 26 heavy (non-hydrogen) atoms. The molecule has 3 nitrogen and oxygen atoms in total. The second kappa shape index (κ2) is 8.58. The first-order chi connectivity index (χ1) is 12.8. The van der Waals surface area contributed by atoms with Gasteiger partial charge in [0.1, 0.15) is 0 Å². The third-order valence-corrected chi connectivity index (χ3v) is 6.51. The molecule has 0 unspecified atom stereocenters. The number of piperidine rings is 1. The molecule has 2 fully saturated rings. The van der Waals surface area contributed by atoms with Crippen LogP contribution < -0.4 is 10.6 Å². The van der Waals surface area contributed by atoms with Crippen LogP contribution in [0.15, 0.2) is 24.4 Å². The molecule has 3 heteroatoms. The number of hydrogen-bond donors (Lipinski definition) is 2. The van der Waals surface area contributed by atoms with E-state index in [-0.39, 0.29) is 0 Å². The van der Waals surface area contributed by atoms with Crippen LogP contribution in [-0.4, -0.2) is 24.2 Å². The Kier molecular flexibility index (Phi) is 5.96. The number of fused-ring (bicyclic) bond motifs is 1. The highest BCUT2D eigenvalue weighted by atomic mass is 15.0. The van der Waals surface area contributed by atoms with E-state index in [1.807, 2.05) is 0 Å². The Morgan fingerprint density at radius 2 is 1.85 bits per heavy atom. The van der Waals surface area contributed by atoms with E-state index < -0.39 is 0 Å². The van der Waals surface area contributed by atoms with Gasteiger partial charge >= 0.3 is 0 Å². The van der Waals surface area contributed by atoms with E-state index in [2.05, 4.69) is 46.5 Å². The number of benzene rings is 1. The summed E-state index contributed by atoms with van der Waals surface area (Å²) in [7, 11) is 0. The zero-order valence-corrected chi connectivity index (χ0v) is 16.4. The SMILES string of the molecule is Cc1ccc2c(c1)c(CNCC1CCNCC1)cn2CC1CCCCC1. The molecule has 0 bridgehead atoms. The van der Waals surface area contributed by atoms with Gasteiger partial charge in [0.2, 0.25) is 0 Å². The van der Waals surface area contributed by atoms with Gasteiger partial charge in [-0.05, 0) is 81.8 Å². The highest BCUT2D eigenvalue weighted by Crippen LogP contribution is 2.29. The van der Waals surface area contributed by atoms with E-state index in [4.69, 9.17) is 0 Å². The second-order valence-electron chi connectivity index (χ2n) is 8.66. The molecular weight excluding hydrogens is 318 g/mol. The van der Waals surface area contributed by atoms with E-state index in [1.165, 1.54) is 86.6 Å². The fourth-order valence-electron chi connectivity index (χ4n) is 4.92. The highest BCUT2D eigenvalue weighted by molar-refractivity contribution is 5.84. The number of rotatable bonds is 6. The van der Waals surface area contributed by atoms with E-state index in [0.29, 0.717) is 0 Å². The smallest absolute Gasteiger partial charge is 0.0483 e. The fourth-order valence-corrected chi connectivity index (χ4v) is 4.92. The Bertz CT molecular complexity index is 706. The van der Waals surface area contributed by atoms with E-state index in [9.17, 15) is 0 Å². The van der Waals surface area contributed by atoms with Gasteiger partial charge in [-0.1, -0.05) is 30.9 Å². The van der Waals surface area contributed by atoms with Crippen LogP contribution in [-0.2, 0) is 13.1 Å². The lowest BCUT2D eigenvalue weighted by molar-refractivity contribution is 0.322. The maximum Gasteiger partial charge on any atom is 0.0483 e. The number of nitrogens with zero attached hydrogens (tertiary/aromatic N) is 1. The van der Waals surface area contributed by atoms with Gasteiger partial charge in [0.25, 0.3) is 0 Å². The first-order valence-electron chi connectivity index (χ1n) is 10.8. The molecule has 142 valence electrons. The van der Waals surface area contributed by atoms with Crippen molar-refractivity contribution in [3.05, 3.63) is 35.5 Å². The summed E-state index contributed by atoms with van der Waals surface area (Å²) in [5.74, 6) is 1.71. The first-order valence-corrected chi connectivity index (χ1v) is 10.8. The summed E-state index contributed by atoms with van der Waals surface area (Å²) < 4.78 is 2.55. The van der Waals surface area contributed by atoms with Gasteiger partial charge in [-0.15, -0.1) is 0 Å². The van der Waals surface area contributed by atoms with Crippen LogP contribution >= 0.6 is 0 Å². The summed E-state index contributed by atoms with van der Waals surface area (Å²) in [5.41, 5.74) is 4.28. The Hall–Kier alpha value is -1.32. The normalized spacial score (nSPS) is 20.0. The number of aryl methyl sites for hydroxylation is 1. The number of hydrogen-bond acceptors (Lipinski definition) is 2. The van der Waals surface area contributed by atoms with Crippen LogP contribution in [0.2, 0.25) is 0 Å². The minimum Gasteiger partial charge on any atom is -0.347 e. The third-order valence-electron chi connectivity index (χ3n) is 6.51. The van der Waals surface area contributed by atoms with Crippen LogP contribution in [0, 0.1) is 18.8 Å². The second-order valence-corrected chi connectivity index (χ2v) is 8.66. The molecule has 0 amide bonds. The molecule has 1 aromatic heterocycles. The van der Waals surface area contributed by atoms with E-state index in [1.54, 1.807) is 0 Å². The maximum atomic E-state index is 3.76. The molecule has 0 radical (unpaired) electrons. The van der Waals surface area contributed by atoms with Crippen molar-refractivity contribution in [1.82, 2.24) is 15.2 Å². The van der Waals surface area contributed by atoms with Gasteiger partial charge in [0, 0.05) is 30.2 Å². The molecule has 1 aliphatic heterocycles. The lowest BCUT2D eigenvalue weighted by atomic mass is 9.89. The predicted octanol–water partition coefficient (Wildman–Crippen LogP) is 4.62. The minimum atomic E-state index is 0.841. The van der Waals surface area contributed by atoms with Gasteiger partial charge < -0.3 is 15.2 Å². The Morgan fingerprint density at radius 3 is 2.65 bits per heavy atom. The van der Waals surface area contributed by atoms with Crippen molar-refractivity contribution >= 4 is 10.9 Å². The van der Waals surface area contributed by atoms with Gasteiger partial charge in [-0.25, -0.2) is 0 Å². The standard InChI is InChI=1S/C23H35N3/c1-18-7-8-23-22(13-18)21(15-25-14-19-9-11-24-12-10-19)17-26(23)16-20-5-3-2-4-6-20/h7-8,13,17,19-20,24-25H,2-6,9-12,14-16H2,1H3. The van der Waals surface area contributed by atoms with Gasteiger partial charge in [-0.3, -0.25) is 0 Å². The molecule has 1 saturated carbocycles. The van der Waals surface area contributed by atoms with Gasteiger partial charge in [0.05, 0.1) is 0 Å². The lowest BCUT2D eigenvalue weighted by Crippen LogP contribution is -2.33. The van der Waals surface area contributed by atoms with Gasteiger partial charge in [0.15, 0.2) is 0 Å². The summed E-state index contributed by atoms with van der Waals surface area (Å²) in [4.78, 5) is 0. The molecule has 2 heterocycles. The molecule has 1 aromatic carbocycles. The van der Waals surface area contributed by atoms with Crippen molar-refractivity contribution in [2.75, 3.05) is 19.6 Å². The van der Waals surface area contributed by atoms with Crippen molar-refractivity contribution in [1.29, 1.82) is 0 Å². The highest BCUT2D eigenvalue weighted by Gasteiger charge is 2.17. The summed E-state index contributed by atoms with van der Waals surface area (Å²) in [5, 5.41) is 8.68. The molecule has 0 spiro atoms. The van der Waals surface area contributed by atoms with Crippen molar-refractivity contribution in [2.24, 2.45) is 11.8 Å². The molecule has 1 aliphatic carbocycles. The number of nitrogens with one attached hydrogen (secondary N) is 2. The zero-order chi connectivity index (χ0) is 17.8. The van der Waals surface area contributed by atoms with Crippen LogP contribution in [0.4, 0.5) is 0 Å². The summed E-state index contributed by atoms with van der Waals surface area (Å²) >= 11 is 0. The Balaban J connectivity index is 1.46. The van der Waals surface area contributed by atoms with Crippen LogP contribution in [0.1, 0.15) is 56.1 Å². The summed E-state index contributed by atoms with van der Waals surface area (Å²) in [6.07, 6.45) is 12.2. The van der Waals surface area contributed by atoms with Crippen molar-refractivity contribution in [3.63, 3.8) is 0 Å². The average Bonchev–Trinajstić information content (AvgIpc) is 3.00. The maximum absolute atomic E-state index is 3.76. The Morgan fingerprint density at radius 1 is 1.04 bits per heavy atom. The van der Waals surface area contributed by atoms with Crippen LogP contribution in [0.25, 0.3) is 10.9 Å². The van der Waals surface area contributed by atoms with Crippen molar-refractivity contribution in [2.45, 2.75) is 65.0 Å². The van der Waals surface area contributed by atoms with E-state index in [0.717, 1.165) is 24.9 Å². The third kappa shape index (κ3) is 4.32. The molecule has 1 saturated heterocycles. The lowest BCUT2D eigenvalue weighted by Gasteiger charge is -2.23. The van der Waals surface area contributed by atoms with Gasteiger partial charge in [-0.2, -0.15) is 0 Å². The quantitative estimate of drug-likeness (QED) is 0.793. The topological polar surface area (TPSA) is 29.0 Å². The van der Waals surface area contributed by atoms with Crippen molar-refractivity contribution in [3.8, 4) is 0 Å². The Labute approximate surface area is 158 Å². The fraction of sp³-hybridized carbons (Fsp3) is 0.652. The van der Waals surface area contributed by atoms with E-state index >= 15 is 0 Å². The largest absolute Gasteiger partial charge is 0.347 e. The molecule has 2 N–H and O–H groups in total. The molecule has 4 rings (SSSR count). The molecule has 0 atom stereocenters. The monoisotopic (exact) mass is 353 g/mol. The molecule has 2 aliphatic rings. The first kappa shape index (κ1) is 18.1. The minimum absolute atomic E-state index is 0.841. The number of aromatic nitrogens is 1. The predicted molar refractivity (Wildman–Crippen MR) is 111 cm³/mol. The van der Waals surface area contributed by atoms with Crippen LogP contribution in [0.5, 0.6) is 0 Å². The average molecular weight is 354 g/mol. The van der Waals surface area contributed by atoms with Crippen molar-refractivity contribution < 1.29 is 0 Å². The van der Waals surface area contributed by atoms with Crippen LogP contribution in [0.3, 0.4) is 0 Å². The zero-order valence-electron chi connectivity index (χ0n) is 16.4. The molecular formula is C23H35N3. The molecule has 2 aromatic rings. The summed E-state index contributed by atoms with van der Waals surface area (Å²) in [6.45, 7) is 7.95. The summed E-state index contributed by atoms with van der Waals surface area (Å²) in [6, 6.07) is 6.99.